The summed E-state index contributed by atoms with van der Waals surface area (Å²) in [7, 11) is 0. The predicted octanol–water partition coefficient (Wildman–Crippen LogP) is 2.77. The Labute approximate surface area is 123 Å². The number of aromatic nitrogens is 5. The molecule has 2 rings (SSSR count). The molecule has 20 heavy (non-hydrogen) atoms. The van der Waals surface area contributed by atoms with Crippen LogP contribution in [0.1, 0.15) is 33.6 Å². The van der Waals surface area contributed by atoms with E-state index in [2.05, 4.69) is 46.1 Å². The monoisotopic (exact) mass is 292 g/mol. The lowest BCUT2D eigenvalue weighted by atomic mass is 10.4. The summed E-state index contributed by atoms with van der Waals surface area (Å²) in [6.45, 7) is 7.28. The minimum atomic E-state index is 0.474. The molecule has 0 bridgehead atoms. The number of rotatable bonds is 7. The molecule has 0 spiro atoms. The number of anilines is 1. The SMILES string of the molecule is CCCNc1nc(SC(C)CC)nc(-n2cccn2)n1. The van der Waals surface area contributed by atoms with Gasteiger partial charge in [-0.3, -0.25) is 0 Å². The molecule has 0 aliphatic heterocycles. The van der Waals surface area contributed by atoms with Crippen LogP contribution in [0, 0.1) is 0 Å². The van der Waals surface area contributed by atoms with E-state index >= 15 is 0 Å². The molecule has 7 heteroatoms. The molecule has 0 saturated carbocycles. The summed E-state index contributed by atoms with van der Waals surface area (Å²) in [5.41, 5.74) is 0. The Morgan fingerprint density at radius 2 is 2.15 bits per heavy atom. The summed E-state index contributed by atoms with van der Waals surface area (Å²) in [4.78, 5) is 13.3. The van der Waals surface area contributed by atoms with Crippen molar-refractivity contribution < 1.29 is 0 Å². The molecular weight excluding hydrogens is 272 g/mol. The summed E-state index contributed by atoms with van der Waals surface area (Å²) in [5.74, 6) is 1.16. The first-order valence-electron chi connectivity index (χ1n) is 6.89. The van der Waals surface area contributed by atoms with Gasteiger partial charge in [-0.05, 0) is 18.9 Å². The molecule has 0 amide bonds. The third-order valence-electron chi connectivity index (χ3n) is 2.73. The van der Waals surface area contributed by atoms with Gasteiger partial charge >= 0.3 is 0 Å². The van der Waals surface area contributed by atoms with Crippen LogP contribution < -0.4 is 5.32 Å². The zero-order valence-corrected chi connectivity index (χ0v) is 12.9. The van der Waals surface area contributed by atoms with Gasteiger partial charge in [0.1, 0.15) is 0 Å². The average molecular weight is 292 g/mol. The van der Waals surface area contributed by atoms with Gasteiger partial charge in [0.25, 0.3) is 5.95 Å². The zero-order chi connectivity index (χ0) is 14.4. The largest absolute Gasteiger partial charge is 0.354 e. The Kier molecular flexibility index (Phi) is 5.34. The Morgan fingerprint density at radius 1 is 1.30 bits per heavy atom. The smallest absolute Gasteiger partial charge is 0.256 e. The molecule has 0 aliphatic rings. The summed E-state index contributed by atoms with van der Waals surface area (Å²) < 4.78 is 1.65. The summed E-state index contributed by atoms with van der Waals surface area (Å²) >= 11 is 1.66. The molecule has 0 saturated heterocycles. The first-order chi connectivity index (χ1) is 9.72. The van der Waals surface area contributed by atoms with Gasteiger partial charge in [-0.1, -0.05) is 32.5 Å². The highest BCUT2D eigenvalue weighted by Crippen LogP contribution is 2.22. The summed E-state index contributed by atoms with van der Waals surface area (Å²) in [6, 6.07) is 1.85. The molecule has 1 atom stereocenters. The lowest BCUT2D eigenvalue weighted by molar-refractivity contribution is 0.755. The van der Waals surface area contributed by atoms with Crippen molar-refractivity contribution in [3.05, 3.63) is 18.5 Å². The first kappa shape index (κ1) is 14.8. The lowest BCUT2D eigenvalue weighted by Crippen LogP contribution is -2.11. The van der Waals surface area contributed by atoms with Gasteiger partial charge < -0.3 is 5.32 Å². The molecular formula is C13H20N6S. The molecule has 0 radical (unpaired) electrons. The van der Waals surface area contributed by atoms with Gasteiger partial charge in [-0.25, -0.2) is 4.68 Å². The second-order valence-corrected chi connectivity index (χ2v) is 5.86. The van der Waals surface area contributed by atoms with Crippen LogP contribution in [0.2, 0.25) is 0 Å². The molecule has 2 aromatic rings. The van der Waals surface area contributed by atoms with Gasteiger partial charge in [0.2, 0.25) is 5.95 Å². The summed E-state index contributed by atoms with van der Waals surface area (Å²) in [6.07, 6.45) is 5.64. The fraction of sp³-hybridized carbons (Fsp3) is 0.538. The third-order valence-corrected chi connectivity index (χ3v) is 3.86. The van der Waals surface area contributed by atoms with Crippen molar-refractivity contribution in [1.82, 2.24) is 24.7 Å². The molecule has 0 fully saturated rings. The van der Waals surface area contributed by atoms with E-state index in [0.29, 0.717) is 17.1 Å². The lowest BCUT2D eigenvalue weighted by Gasteiger charge is -2.10. The van der Waals surface area contributed by atoms with Crippen molar-refractivity contribution >= 4 is 17.7 Å². The van der Waals surface area contributed by atoms with Crippen LogP contribution in [0.15, 0.2) is 23.6 Å². The number of hydrogen-bond donors (Lipinski definition) is 1. The maximum atomic E-state index is 4.47. The Bertz CT molecular complexity index is 528. The molecule has 108 valence electrons. The van der Waals surface area contributed by atoms with Crippen molar-refractivity contribution in [2.45, 2.75) is 44.0 Å². The van der Waals surface area contributed by atoms with Crippen molar-refractivity contribution in [2.75, 3.05) is 11.9 Å². The fourth-order valence-corrected chi connectivity index (χ4v) is 2.27. The topological polar surface area (TPSA) is 68.5 Å². The fourth-order valence-electron chi connectivity index (χ4n) is 1.47. The quantitative estimate of drug-likeness (QED) is 0.791. The maximum absolute atomic E-state index is 4.47. The van der Waals surface area contributed by atoms with E-state index in [1.165, 1.54) is 0 Å². The third kappa shape index (κ3) is 3.93. The second kappa shape index (κ2) is 7.23. The molecule has 1 N–H and O–H groups in total. The summed E-state index contributed by atoms with van der Waals surface area (Å²) in [5, 5.41) is 8.60. The number of thioether (sulfide) groups is 1. The molecule has 2 heterocycles. The van der Waals surface area contributed by atoms with Gasteiger partial charge in [-0.15, -0.1) is 0 Å². The van der Waals surface area contributed by atoms with Crippen LogP contribution in [0.25, 0.3) is 5.95 Å². The maximum Gasteiger partial charge on any atom is 0.256 e. The van der Waals surface area contributed by atoms with Crippen LogP contribution in [-0.2, 0) is 0 Å². The van der Waals surface area contributed by atoms with Crippen molar-refractivity contribution in [3.63, 3.8) is 0 Å². The molecule has 2 aromatic heterocycles. The minimum Gasteiger partial charge on any atom is -0.354 e. The van der Waals surface area contributed by atoms with Gasteiger partial charge in [-0.2, -0.15) is 20.1 Å². The van der Waals surface area contributed by atoms with E-state index in [9.17, 15) is 0 Å². The molecule has 6 nitrogen and oxygen atoms in total. The average Bonchev–Trinajstić information content (AvgIpc) is 2.99. The van der Waals surface area contributed by atoms with Crippen LogP contribution >= 0.6 is 11.8 Å². The normalized spacial score (nSPS) is 12.3. The highest BCUT2D eigenvalue weighted by Gasteiger charge is 2.11. The van der Waals surface area contributed by atoms with E-state index in [1.807, 2.05) is 12.3 Å². The predicted molar refractivity (Wildman–Crippen MR) is 81.3 cm³/mol. The Hall–Kier alpha value is -1.63. The van der Waals surface area contributed by atoms with E-state index in [-0.39, 0.29) is 0 Å². The number of nitrogens with zero attached hydrogens (tertiary/aromatic N) is 5. The second-order valence-electron chi connectivity index (χ2n) is 4.46. The Balaban J connectivity index is 2.28. The standard InChI is InChI=1S/C13H20N6S/c1-4-7-14-11-16-12(19-9-6-8-15-19)18-13(17-11)20-10(3)5-2/h6,8-10H,4-5,7H2,1-3H3,(H,14,16,17,18). The van der Waals surface area contributed by atoms with Crippen LogP contribution in [0.3, 0.4) is 0 Å². The Morgan fingerprint density at radius 3 is 2.80 bits per heavy atom. The van der Waals surface area contributed by atoms with E-state index in [0.717, 1.165) is 24.5 Å². The van der Waals surface area contributed by atoms with E-state index in [4.69, 9.17) is 0 Å². The van der Waals surface area contributed by atoms with Gasteiger partial charge in [0, 0.05) is 24.2 Å². The van der Waals surface area contributed by atoms with Crippen molar-refractivity contribution in [3.8, 4) is 5.95 Å². The van der Waals surface area contributed by atoms with Gasteiger partial charge in [0.15, 0.2) is 5.16 Å². The van der Waals surface area contributed by atoms with Crippen LogP contribution in [0.5, 0.6) is 0 Å². The highest BCUT2D eigenvalue weighted by molar-refractivity contribution is 7.99. The highest BCUT2D eigenvalue weighted by atomic mass is 32.2. The van der Waals surface area contributed by atoms with E-state index in [1.54, 1.807) is 22.6 Å². The van der Waals surface area contributed by atoms with E-state index < -0.39 is 0 Å². The molecule has 1 unspecified atom stereocenters. The molecule has 0 aliphatic carbocycles. The first-order valence-corrected chi connectivity index (χ1v) is 7.77. The van der Waals surface area contributed by atoms with Crippen LogP contribution in [-0.4, -0.2) is 36.5 Å². The molecule has 0 aromatic carbocycles. The van der Waals surface area contributed by atoms with Crippen LogP contribution in [0.4, 0.5) is 5.95 Å². The zero-order valence-electron chi connectivity index (χ0n) is 12.1. The van der Waals surface area contributed by atoms with Crippen molar-refractivity contribution in [2.24, 2.45) is 0 Å². The number of hydrogen-bond acceptors (Lipinski definition) is 6. The number of nitrogens with one attached hydrogen (secondary N) is 1. The van der Waals surface area contributed by atoms with Crippen molar-refractivity contribution in [1.29, 1.82) is 0 Å². The van der Waals surface area contributed by atoms with Gasteiger partial charge in [0.05, 0.1) is 0 Å². The minimum absolute atomic E-state index is 0.474.